The highest BCUT2D eigenvalue weighted by atomic mass is 16.4. The molecule has 1 saturated heterocycles. The van der Waals surface area contributed by atoms with Crippen LogP contribution in [0.1, 0.15) is 11.1 Å². The third-order valence-corrected chi connectivity index (χ3v) is 6.82. The lowest BCUT2D eigenvalue weighted by atomic mass is 10.0. The third-order valence-electron chi connectivity index (χ3n) is 6.82. The normalized spacial score (nSPS) is 13.9. The van der Waals surface area contributed by atoms with E-state index >= 15 is 0 Å². The van der Waals surface area contributed by atoms with Crippen LogP contribution in [0.2, 0.25) is 0 Å². The second-order valence-corrected chi connectivity index (χ2v) is 9.19. The molecule has 3 aromatic carbocycles. The van der Waals surface area contributed by atoms with Gasteiger partial charge in [0.2, 0.25) is 5.91 Å². The molecule has 0 unspecified atom stereocenters. The number of fused-ring (bicyclic) bond motifs is 3. The average Bonchev–Trinajstić information content (AvgIpc) is 2.93. The molecule has 37 heavy (non-hydrogen) atoms. The molecule has 0 radical (unpaired) electrons. The lowest BCUT2D eigenvalue weighted by Gasteiger charge is -2.35. The van der Waals surface area contributed by atoms with Crippen LogP contribution in [0.4, 0.5) is 5.69 Å². The largest absolute Gasteiger partial charge is 0.422 e. The zero-order valence-corrected chi connectivity index (χ0v) is 21.1. The van der Waals surface area contributed by atoms with Gasteiger partial charge in [0.05, 0.1) is 17.5 Å². The molecule has 0 spiro atoms. The molecule has 0 bridgehead atoms. The van der Waals surface area contributed by atoms with Crippen LogP contribution < -0.4 is 28.2 Å². The summed E-state index contributed by atoms with van der Waals surface area (Å²) in [6.07, 6.45) is 1.30. The van der Waals surface area contributed by atoms with Crippen molar-refractivity contribution in [2.45, 2.75) is 12.8 Å². The summed E-state index contributed by atoms with van der Waals surface area (Å²) in [5.41, 5.74) is 3.43. The van der Waals surface area contributed by atoms with Crippen LogP contribution in [0.5, 0.6) is 0 Å². The highest BCUT2D eigenvalue weighted by molar-refractivity contribution is 6.04. The first kappa shape index (κ1) is 26.3. The molecule has 9 heteroatoms. The Balaban J connectivity index is 0.00000156. The Bertz CT molecular complexity index is 1410. The van der Waals surface area contributed by atoms with Crippen LogP contribution in [0.15, 0.2) is 75.9 Å². The Kier molecular flexibility index (Phi) is 8.52. The summed E-state index contributed by atoms with van der Waals surface area (Å²) in [7, 11) is 1.79. The van der Waals surface area contributed by atoms with Crippen molar-refractivity contribution < 1.29 is 9.21 Å². The monoisotopic (exact) mass is 502 g/mol. The van der Waals surface area contributed by atoms with E-state index < -0.39 is 0 Å². The van der Waals surface area contributed by atoms with Gasteiger partial charge >= 0.3 is 5.63 Å². The van der Waals surface area contributed by atoms with Gasteiger partial charge in [-0.15, -0.1) is 0 Å². The van der Waals surface area contributed by atoms with Crippen LogP contribution in [0.3, 0.4) is 0 Å². The quantitative estimate of drug-likeness (QED) is 0.158. The van der Waals surface area contributed by atoms with E-state index in [1.807, 2.05) is 65.6 Å². The minimum Gasteiger partial charge on any atom is -0.422 e. The minimum atomic E-state index is -0.298. The van der Waals surface area contributed by atoms with Crippen molar-refractivity contribution in [2.75, 3.05) is 44.8 Å². The van der Waals surface area contributed by atoms with Gasteiger partial charge in [0.15, 0.2) is 0 Å². The van der Waals surface area contributed by atoms with E-state index in [1.165, 1.54) is 5.56 Å². The fourth-order valence-electron chi connectivity index (χ4n) is 4.72. The van der Waals surface area contributed by atoms with Gasteiger partial charge in [0, 0.05) is 50.5 Å². The zero-order chi connectivity index (χ0) is 26.4. The van der Waals surface area contributed by atoms with E-state index in [2.05, 4.69) is 22.7 Å². The fraction of sp³-hybridized carbons (Fsp3) is 0.286. The number of hydrogen-bond donors (Lipinski definition) is 3. The van der Waals surface area contributed by atoms with Gasteiger partial charge < -0.3 is 14.3 Å². The van der Waals surface area contributed by atoms with E-state index in [-0.39, 0.29) is 11.5 Å². The summed E-state index contributed by atoms with van der Waals surface area (Å²) < 4.78 is 5.45. The van der Waals surface area contributed by atoms with E-state index in [1.54, 1.807) is 12.1 Å². The maximum absolute atomic E-state index is 12.8. The van der Waals surface area contributed by atoms with Crippen molar-refractivity contribution in [3.05, 3.63) is 88.3 Å². The fourth-order valence-corrected chi connectivity index (χ4v) is 4.72. The Hall–Kier alpha value is -3.76. The van der Waals surface area contributed by atoms with Crippen molar-refractivity contribution >= 4 is 33.3 Å². The summed E-state index contributed by atoms with van der Waals surface area (Å²) in [6, 6.07) is 21.5. The Labute approximate surface area is 216 Å². The molecule has 1 amide bonds. The molecule has 2 heterocycles. The maximum Gasteiger partial charge on any atom is 0.344 e. The summed E-state index contributed by atoms with van der Waals surface area (Å²) >= 11 is 0. The number of benzene rings is 3. The van der Waals surface area contributed by atoms with Crippen molar-refractivity contribution in [3.8, 4) is 0 Å². The second-order valence-electron chi connectivity index (χ2n) is 9.19. The first-order chi connectivity index (χ1) is 18.0. The molecule has 1 aliphatic heterocycles. The van der Waals surface area contributed by atoms with Crippen LogP contribution in [0.25, 0.3) is 21.7 Å². The Morgan fingerprint density at radius 3 is 2.27 bits per heavy atom. The molecule has 1 fully saturated rings. The smallest absolute Gasteiger partial charge is 0.344 e. The lowest BCUT2D eigenvalue weighted by molar-refractivity contribution is -0.132. The summed E-state index contributed by atoms with van der Waals surface area (Å²) in [4.78, 5) is 29.5. The topological polar surface area (TPSA) is 135 Å². The number of para-hydroxylation sites is 1. The summed E-state index contributed by atoms with van der Waals surface area (Å²) in [6.45, 7) is 4.13. The van der Waals surface area contributed by atoms with Gasteiger partial charge in [0.1, 0.15) is 5.58 Å². The van der Waals surface area contributed by atoms with E-state index in [0.717, 1.165) is 61.2 Å². The van der Waals surface area contributed by atoms with Crippen LogP contribution in [0, 0.1) is 0 Å². The van der Waals surface area contributed by atoms with Gasteiger partial charge in [-0.2, -0.15) is 0 Å². The highest BCUT2D eigenvalue weighted by Crippen LogP contribution is 2.24. The molecule has 194 valence electrons. The van der Waals surface area contributed by atoms with Crippen LogP contribution in [-0.2, 0) is 17.6 Å². The van der Waals surface area contributed by atoms with Crippen LogP contribution in [-0.4, -0.2) is 55.5 Å². The standard InChI is InChI=1S/C28H30N4O3.H4N2/c1-30(29)22-9-6-20(7-10-22)19-27(33)32-16-14-31(15-17-32)13-12-21-8-11-24-25(18-21)23-4-2-3-5-26(23)35-28(24)34;1-2/h2-11,18H,12-17,19,29H2,1H3;1-2H2. The molecule has 1 aromatic heterocycles. The number of nitrogens with zero attached hydrogens (tertiary/aromatic N) is 3. The van der Waals surface area contributed by atoms with E-state index in [9.17, 15) is 9.59 Å². The van der Waals surface area contributed by atoms with Crippen LogP contribution >= 0.6 is 0 Å². The summed E-state index contributed by atoms with van der Waals surface area (Å²) in [5.74, 6) is 13.9. The lowest BCUT2D eigenvalue weighted by Crippen LogP contribution is -2.49. The molecule has 0 saturated carbocycles. The number of hydrogen-bond acceptors (Lipinski definition) is 8. The van der Waals surface area contributed by atoms with Gasteiger partial charge in [-0.1, -0.05) is 42.5 Å². The maximum atomic E-state index is 12.8. The molecule has 5 rings (SSSR count). The SMILES string of the molecule is CN(N)c1ccc(CC(=O)N2CCN(CCc3ccc4c(=O)oc5ccccc5c4c3)CC2)cc1.NN. The first-order valence-corrected chi connectivity index (χ1v) is 12.3. The van der Waals surface area contributed by atoms with Gasteiger partial charge in [-0.25, -0.2) is 10.6 Å². The predicted molar refractivity (Wildman–Crippen MR) is 148 cm³/mol. The van der Waals surface area contributed by atoms with E-state index in [0.29, 0.717) is 17.4 Å². The Morgan fingerprint density at radius 2 is 1.57 bits per heavy atom. The first-order valence-electron chi connectivity index (χ1n) is 12.3. The van der Waals surface area contributed by atoms with Crippen molar-refractivity contribution in [3.63, 3.8) is 0 Å². The number of anilines is 1. The van der Waals surface area contributed by atoms with Gasteiger partial charge in [-0.3, -0.25) is 21.4 Å². The van der Waals surface area contributed by atoms with Crippen molar-refractivity contribution in [1.29, 1.82) is 0 Å². The Morgan fingerprint density at radius 1 is 0.892 bits per heavy atom. The number of amides is 1. The molecule has 9 nitrogen and oxygen atoms in total. The predicted octanol–water partition coefficient (Wildman–Crippen LogP) is 2.00. The number of nitrogens with two attached hydrogens (primary N) is 3. The minimum absolute atomic E-state index is 0.166. The third kappa shape index (κ3) is 6.15. The zero-order valence-electron chi connectivity index (χ0n) is 21.1. The second kappa shape index (κ2) is 12.0. The molecular weight excluding hydrogens is 468 g/mol. The van der Waals surface area contributed by atoms with Gasteiger partial charge in [0.25, 0.3) is 0 Å². The number of rotatable bonds is 6. The summed E-state index contributed by atoms with van der Waals surface area (Å²) in [5, 5.41) is 4.07. The van der Waals surface area contributed by atoms with E-state index in [4.69, 9.17) is 10.3 Å². The average molecular weight is 503 g/mol. The highest BCUT2D eigenvalue weighted by Gasteiger charge is 2.21. The molecule has 4 aromatic rings. The molecule has 6 N–H and O–H groups in total. The van der Waals surface area contributed by atoms with Gasteiger partial charge in [-0.05, 0) is 41.8 Å². The van der Waals surface area contributed by atoms with Crippen molar-refractivity contribution in [1.82, 2.24) is 9.80 Å². The molecule has 1 aliphatic rings. The van der Waals surface area contributed by atoms with Crippen molar-refractivity contribution in [2.24, 2.45) is 17.5 Å². The molecule has 0 aliphatic carbocycles. The number of piperazine rings is 1. The molecule has 0 atom stereocenters. The molecular formula is C28H34N6O3. The number of carbonyl (C=O) groups is 1. The number of hydrazine groups is 2. The number of carbonyl (C=O) groups excluding carboxylic acids is 1.